The Morgan fingerprint density at radius 3 is 2.55 bits per heavy atom. The molecule has 0 radical (unpaired) electrons. The van der Waals surface area contributed by atoms with E-state index in [1.165, 1.54) is 13.2 Å². The number of Topliss-reactive ketones (excluding diaryl/α,β-unsaturated/α-hetero) is 1. The molecule has 1 aliphatic heterocycles. The second-order valence-electron chi connectivity index (χ2n) is 7.95. The molecule has 1 aliphatic rings. The minimum atomic E-state index is -0.548. The molecule has 0 spiro atoms. The van der Waals surface area contributed by atoms with Crippen molar-refractivity contribution < 1.29 is 18.4 Å². The molecule has 1 aromatic carbocycles. The zero-order valence-corrected chi connectivity index (χ0v) is 18.4. The van der Waals surface area contributed by atoms with E-state index in [0.717, 1.165) is 5.56 Å². The average molecular weight is 447 g/mol. The van der Waals surface area contributed by atoms with E-state index in [1.54, 1.807) is 12.1 Å². The van der Waals surface area contributed by atoms with Crippen molar-refractivity contribution >= 4 is 17.6 Å². The highest BCUT2D eigenvalue weighted by Gasteiger charge is 2.27. The third kappa shape index (κ3) is 5.48. The highest BCUT2D eigenvalue weighted by molar-refractivity contribution is 5.88. The lowest BCUT2D eigenvalue weighted by atomic mass is 10.0. The minimum Gasteiger partial charge on any atom is -0.459 e. The Morgan fingerprint density at radius 2 is 1.91 bits per heavy atom. The van der Waals surface area contributed by atoms with E-state index in [-0.39, 0.29) is 29.8 Å². The quantitative estimate of drug-likeness (QED) is 0.559. The number of furan rings is 1. The summed E-state index contributed by atoms with van der Waals surface area (Å²) >= 11 is 0. The number of nitrogens with zero attached hydrogens (tertiary/aromatic N) is 4. The molecule has 0 unspecified atom stereocenters. The number of hydrogen-bond donors (Lipinski definition) is 1. The van der Waals surface area contributed by atoms with Gasteiger partial charge >= 0.3 is 0 Å². The van der Waals surface area contributed by atoms with Gasteiger partial charge in [0.2, 0.25) is 17.5 Å². The van der Waals surface area contributed by atoms with Gasteiger partial charge in [-0.1, -0.05) is 30.3 Å². The number of aromatic nitrogens is 1. The van der Waals surface area contributed by atoms with E-state index in [4.69, 9.17) is 8.83 Å². The van der Waals surface area contributed by atoms with Crippen molar-refractivity contribution in [1.29, 1.82) is 5.26 Å². The lowest BCUT2D eigenvalue weighted by Crippen LogP contribution is -2.51. The summed E-state index contributed by atoms with van der Waals surface area (Å²) in [6, 6.07) is 14.6. The fraction of sp³-hybridized carbons (Fsp3) is 0.333. The highest BCUT2D eigenvalue weighted by Crippen LogP contribution is 2.29. The van der Waals surface area contributed by atoms with Gasteiger partial charge in [-0.2, -0.15) is 10.2 Å². The molecule has 1 fully saturated rings. The topological polar surface area (TPSA) is 116 Å². The molecule has 170 valence electrons. The number of benzene rings is 1. The Morgan fingerprint density at radius 1 is 1.15 bits per heavy atom. The molecule has 1 atom stereocenters. The van der Waals surface area contributed by atoms with Gasteiger partial charge in [0, 0.05) is 26.2 Å². The number of oxazole rings is 1. The van der Waals surface area contributed by atoms with Gasteiger partial charge in [0.25, 0.3) is 5.89 Å². The number of anilines is 1. The van der Waals surface area contributed by atoms with Crippen LogP contribution in [-0.2, 0) is 16.0 Å². The zero-order valence-electron chi connectivity index (χ0n) is 18.4. The van der Waals surface area contributed by atoms with Crippen LogP contribution in [0.25, 0.3) is 11.7 Å². The molecule has 9 nitrogen and oxygen atoms in total. The van der Waals surface area contributed by atoms with Gasteiger partial charge in [-0.25, -0.2) is 0 Å². The van der Waals surface area contributed by atoms with Crippen molar-refractivity contribution in [2.24, 2.45) is 0 Å². The molecule has 3 aromatic rings. The number of rotatable bonds is 8. The molecule has 2 aromatic heterocycles. The summed E-state index contributed by atoms with van der Waals surface area (Å²) in [7, 11) is 0. The predicted molar refractivity (Wildman–Crippen MR) is 120 cm³/mol. The molecule has 3 heterocycles. The van der Waals surface area contributed by atoms with Crippen molar-refractivity contribution in [3.8, 4) is 17.7 Å². The summed E-state index contributed by atoms with van der Waals surface area (Å²) in [5.74, 6) is 0.883. The molecule has 1 amide bonds. The summed E-state index contributed by atoms with van der Waals surface area (Å²) in [5.41, 5.74) is 1.21. The number of carbonyl (C=O) groups is 2. The van der Waals surface area contributed by atoms with Crippen LogP contribution in [0.2, 0.25) is 0 Å². The maximum atomic E-state index is 12.6. The Bertz CT molecular complexity index is 1130. The molecule has 1 saturated heterocycles. The largest absolute Gasteiger partial charge is 0.459 e. The van der Waals surface area contributed by atoms with Crippen LogP contribution in [-0.4, -0.2) is 60.3 Å². The van der Waals surface area contributed by atoms with Crippen LogP contribution in [0.3, 0.4) is 0 Å². The summed E-state index contributed by atoms with van der Waals surface area (Å²) in [5, 5.41) is 12.3. The second-order valence-corrected chi connectivity index (χ2v) is 7.95. The second kappa shape index (κ2) is 10.1. The van der Waals surface area contributed by atoms with Crippen LogP contribution in [0.5, 0.6) is 0 Å². The number of hydrogen-bond acceptors (Lipinski definition) is 8. The summed E-state index contributed by atoms with van der Waals surface area (Å²) < 4.78 is 11.1. The first-order chi connectivity index (χ1) is 16.0. The predicted octanol–water partition coefficient (Wildman–Crippen LogP) is 2.24. The van der Waals surface area contributed by atoms with Crippen LogP contribution < -0.4 is 10.2 Å². The molecule has 0 bridgehead atoms. The van der Waals surface area contributed by atoms with Gasteiger partial charge in [-0.15, -0.1) is 0 Å². The van der Waals surface area contributed by atoms with Crippen LogP contribution in [0, 0.1) is 11.3 Å². The SMILES string of the molecule is CC(=O)[C@H](Cc1ccccc1)NC(=O)CN1CCN(c2oc(-c3ccco3)nc2C#N)CC1. The van der Waals surface area contributed by atoms with E-state index in [2.05, 4.69) is 16.4 Å². The molecule has 1 N–H and O–H groups in total. The van der Waals surface area contributed by atoms with E-state index < -0.39 is 6.04 Å². The summed E-state index contributed by atoms with van der Waals surface area (Å²) in [6.07, 6.45) is 1.99. The molecule has 4 rings (SSSR count). The van der Waals surface area contributed by atoms with Crippen molar-refractivity contribution in [2.75, 3.05) is 37.6 Å². The lowest BCUT2D eigenvalue weighted by Gasteiger charge is -2.34. The van der Waals surface area contributed by atoms with Crippen LogP contribution in [0.1, 0.15) is 18.2 Å². The molecule has 33 heavy (non-hydrogen) atoms. The Hall–Kier alpha value is -3.90. The Balaban J connectivity index is 1.31. The molecule has 0 aliphatic carbocycles. The van der Waals surface area contributed by atoms with Gasteiger partial charge in [-0.05, 0) is 31.0 Å². The number of nitriles is 1. The number of amides is 1. The first-order valence-electron chi connectivity index (χ1n) is 10.8. The number of carbonyl (C=O) groups excluding carboxylic acids is 2. The van der Waals surface area contributed by atoms with Crippen LogP contribution >= 0.6 is 0 Å². The van der Waals surface area contributed by atoms with Gasteiger partial charge in [0.05, 0.1) is 18.8 Å². The van der Waals surface area contributed by atoms with Crippen molar-refractivity contribution in [3.05, 3.63) is 60.0 Å². The Labute approximate surface area is 191 Å². The monoisotopic (exact) mass is 447 g/mol. The maximum absolute atomic E-state index is 12.6. The van der Waals surface area contributed by atoms with Crippen molar-refractivity contribution in [1.82, 2.24) is 15.2 Å². The lowest BCUT2D eigenvalue weighted by molar-refractivity contribution is -0.127. The van der Waals surface area contributed by atoms with Crippen molar-refractivity contribution in [3.63, 3.8) is 0 Å². The number of piperazine rings is 1. The maximum Gasteiger partial charge on any atom is 0.266 e. The van der Waals surface area contributed by atoms with Gasteiger partial charge in [-0.3, -0.25) is 14.5 Å². The average Bonchev–Trinajstić information content (AvgIpc) is 3.50. The van der Waals surface area contributed by atoms with Crippen LogP contribution in [0.15, 0.2) is 57.6 Å². The molecular weight excluding hydrogens is 422 g/mol. The number of ketones is 1. The summed E-state index contributed by atoms with van der Waals surface area (Å²) in [4.78, 5) is 32.8. The standard InChI is InChI=1S/C24H25N5O4/c1-17(30)19(14-18-6-3-2-4-7-18)26-22(31)16-28-9-11-29(12-10-28)24-20(15-25)27-23(33-24)21-8-5-13-32-21/h2-8,13,19H,9-12,14,16H2,1H3,(H,26,31)/t19-/m0/s1. The van der Waals surface area contributed by atoms with Gasteiger partial charge in [0.15, 0.2) is 11.5 Å². The zero-order chi connectivity index (χ0) is 23.2. The van der Waals surface area contributed by atoms with E-state index in [1.807, 2.05) is 40.1 Å². The summed E-state index contributed by atoms with van der Waals surface area (Å²) in [6.45, 7) is 4.07. The highest BCUT2D eigenvalue weighted by atomic mass is 16.4. The van der Waals surface area contributed by atoms with E-state index in [0.29, 0.717) is 44.2 Å². The smallest absolute Gasteiger partial charge is 0.266 e. The minimum absolute atomic E-state index is 0.0706. The van der Waals surface area contributed by atoms with Gasteiger partial charge in [0.1, 0.15) is 6.07 Å². The van der Waals surface area contributed by atoms with Gasteiger partial charge < -0.3 is 19.1 Å². The first-order valence-corrected chi connectivity index (χ1v) is 10.8. The molecule has 0 saturated carbocycles. The third-order valence-electron chi connectivity index (χ3n) is 5.58. The van der Waals surface area contributed by atoms with E-state index >= 15 is 0 Å². The third-order valence-corrected chi connectivity index (χ3v) is 5.58. The first kappa shape index (κ1) is 22.3. The fourth-order valence-electron chi connectivity index (χ4n) is 3.80. The fourth-order valence-corrected chi connectivity index (χ4v) is 3.80. The van der Waals surface area contributed by atoms with E-state index in [9.17, 15) is 14.9 Å². The molecular formula is C24H25N5O4. The normalized spacial score (nSPS) is 15.1. The molecule has 9 heteroatoms. The van der Waals surface area contributed by atoms with Crippen molar-refractivity contribution in [2.45, 2.75) is 19.4 Å². The Kier molecular flexibility index (Phi) is 6.86. The van der Waals surface area contributed by atoms with Crippen LogP contribution in [0.4, 0.5) is 5.88 Å². The number of nitrogens with one attached hydrogen (secondary N) is 1.